The normalized spacial score (nSPS) is 11.4. The van der Waals surface area contributed by atoms with E-state index in [2.05, 4.69) is 91.9 Å². The first kappa shape index (κ1) is 15.3. The van der Waals surface area contributed by atoms with E-state index in [0.29, 0.717) is 5.25 Å². The molecule has 0 atom stereocenters. The van der Waals surface area contributed by atoms with Crippen LogP contribution in [-0.4, -0.2) is 5.75 Å². The summed E-state index contributed by atoms with van der Waals surface area (Å²) in [6.45, 7) is 4.10. The number of fused-ring (bicyclic) bond motifs is 2. The molecule has 0 N–H and O–H groups in total. The lowest BCUT2D eigenvalue weighted by Crippen LogP contribution is -2.00. The number of hydrogen-bond donors (Lipinski definition) is 0. The van der Waals surface area contributed by atoms with Crippen molar-refractivity contribution in [3.05, 3.63) is 103 Å². The molecule has 0 saturated carbocycles. The number of thioether (sulfide) groups is 1. The Morgan fingerprint density at radius 1 is 0.625 bits per heavy atom. The highest BCUT2D eigenvalue weighted by atomic mass is 32.2. The first-order valence-corrected chi connectivity index (χ1v) is 9.29. The van der Waals surface area contributed by atoms with Crippen molar-refractivity contribution < 1.29 is 0 Å². The largest absolute Gasteiger partial charge is 0.149 e. The van der Waals surface area contributed by atoms with Gasteiger partial charge in [-0.15, -0.1) is 11.8 Å². The van der Waals surface area contributed by atoms with Crippen LogP contribution >= 0.6 is 11.8 Å². The minimum Gasteiger partial charge on any atom is -0.149 e. The smallest absolute Gasteiger partial charge is 0.0558 e. The lowest BCUT2D eigenvalue weighted by atomic mass is 9.94. The lowest BCUT2D eigenvalue weighted by Gasteiger charge is -2.21. The quantitative estimate of drug-likeness (QED) is 0.404. The summed E-state index contributed by atoms with van der Waals surface area (Å²) in [6, 6.07) is 30.5. The molecule has 4 aromatic carbocycles. The van der Waals surface area contributed by atoms with Crippen molar-refractivity contribution in [2.75, 3.05) is 5.75 Å². The van der Waals surface area contributed by atoms with Crippen LogP contribution in [0.15, 0.2) is 84.9 Å². The molecule has 0 nitrogen and oxygen atoms in total. The number of benzene rings is 4. The van der Waals surface area contributed by atoms with Crippen LogP contribution in [0, 0.1) is 6.92 Å². The first-order valence-electron chi connectivity index (χ1n) is 8.24. The topological polar surface area (TPSA) is 0 Å². The maximum Gasteiger partial charge on any atom is 0.0558 e. The van der Waals surface area contributed by atoms with Gasteiger partial charge in [0.25, 0.3) is 0 Å². The summed E-state index contributed by atoms with van der Waals surface area (Å²) in [6.07, 6.45) is 0. The van der Waals surface area contributed by atoms with E-state index in [1.807, 2.05) is 11.8 Å². The molecule has 24 heavy (non-hydrogen) atoms. The van der Waals surface area contributed by atoms with Crippen molar-refractivity contribution >= 4 is 33.3 Å². The Hall–Kier alpha value is -2.25. The zero-order valence-electron chi connectivity index (χ0n) is 13.5. The van der Waals surface area contributed by atoms with Crippen LogP contribution in [0.3, 0.4) is 0 Å². The van der Waals surface area contributed by atoms with Gasteiger partial charge in [0, 0.05) is 0 Å². The van der Waals surface area contributed by atoms with E-state index in [1.54, 1.807) is 0 Å². The zero-order valence-corrected chi connectivity index (χ0v) is 14.3. The summed E-state index contributed by atoms with van der Waals surface area (Å²) in [4.78, 5) is 0. The highest BCUT2D eigenvalue weighted by molar-refractivity contribution is 7.99. The van der Waals surface area contributed by atoms with Gasteiger partial charge in [0.2, 0.25) is 0 Å². The van der Waals surface area contributed by atoms with Crippen molar-refractivity contribution in [2.24, 2.45) is 0 Å². The lowest BCUT2D eigenvalue weighted by molar-refractivity contribution is 1.19. The third kappa shape index (κ3) is 2.70. The molecule has 0 amide bonds. The summed E-state index contributed by atoms with van der Waals surface area (Å²) in [5.41, 5.74) is 2.75. The number of rotatable bonds is 4. The molecule has 0 heterocycles. The van der Waals surface area contributed by atoms with Crippen molar-refractivity contribution in [3.8, 4) is 0 Å². The Morgan fingerprint density at radius 2 is 1.08 bits per heavy atom. The predicted molar refractivity (Wildman–Crippen MR) is 108 cm³/mol. The van der Waals surface area contributed by atoms with E-state index in [1.165, 1.54) is 32.7 Å². The summed E-state index contributed by atoms with van der Waals surface area (Å²) < 4.78 is 0. The third-order valence-electron chi connectivity index (χ3n) is 4.50. The van der Waals surface area contributed by atoms with Crippen molar-refractivity contribution in [3.63, 3.8) is 0 Å². The number of hydrogen-bond acceptors (Lipinski definition) is 1. The molecule has 4 aromatic rings. The fraction of sp³-hybridized carbons (Fsp3) is 0.0870. The van der Waals surface area contributed by atoms with Crippen LogP contribution < -0.4 is 0 Å². The van der Waals surface area contributed by atoms with E-state index >= 15 is 0 Å². The molecule has 1 radical (unpaired) electrons. The average molecular weight is 327 g/mol. The molecular weight excluding hydrogens is 308 g/mol. The first-order chi connectivity index (χ1) is 11.9. The van der Waals surface area contributed by atoms with Gasteiger partial charge in [-0.05, 0) is 45.3 Å². The van der Waals surface area contributed by atoms with E-state index < -0.39 is 0 Å². The molecule has 0 aliphatic carbocycles. The van der Waals surface area contributed by atoms with Crippen molar-refractivity contribution in [1.29, 1.82) is 0 Å². The predicted octanol–water partition coefficient (Wildman–Crippen LogP) is 6.65. The summed E-state index contributed by atoms with van der Waals surface area (Å²) in [7, 11) is 0. The van der Waals surface area contributed by atoms with E-state index in [0.717, 1.165) is 5.75 Å². The van der Waals surface area contributed by atoms with Crippen LogP contribution in [0.2, 0.25) is 0 Å². The molecule has 0 spiro atoms. The van der Waals surface area contributed by atoms with Gasteiger partial charge in [-0.2, -0.15) is 0 Å². The molecule has 0 bridgehead atoms. The molecule has 117 valence electrons. The molecule has 4 rings (SSSR count). The van der Waals surface area contributed by atoms with Gasteiger partial charge in [0.1, 0.15) is 0 Å². The molecule has 0 aliphatic heterocycles. The minimum atomic E-state index is 0.291. The van der Waals surface area contributed by atoms with Crippen LogP contribution in [0.25, 0.3) is 21.5 Å². The van der Waals surface area contributed by atoms with E-state index in [-0.39, 0.29) is 0 Å². The van der Waals surface area contributed by atoms with Crippen molar-refractivity contribution in [2.45, 2.75) is 5.25 Å². The average Bonchev–Trinajstić information content (AvgIpc) is 2.65. The molecular formula is C23H19S. The van der Waals surface area contributed by atoms with Crippen LogP contribution in [-0.2, 0) is 0 Å². The van der Waals surface area contributed by atoms with Crippen LogP contribution in [0.4, 0.5) is 0 Å². The SMILES string of the molecule is [CH2]CSC(c1cccc2ccccc12)c1cccc2ccccc12. The van der Waals surface area contributed by atoms with Crippen molar-refractivity contribution in [1.82, 2.24) is 0 Å². The highest BCUT2D eigenvalue weighted by Gasteiger charge is 2.18. The third-order valence-corrected chi connectivity index (χ3v) is 5.57. The Balaban J connectivity index is 1.96. The second kappa shape index (κ2) is 6.70. The van der Waals surface area contributed by atoms with E-state index in [4.69, 9.17) is 0 Å². The standard InChI is InChI=1S/C23H19S/c1-2-24-23(21-15-7-11-17-9-3-5-13-19(17)21)22-16-8-12-18-10-4-6-14-20(18)22/h3-16,23H,1-2H2. The fourth-order valence-corrected chi connectivity index (χ4v) is 4.43. The summed E-state index contributed by atoms with van der Waals surface area (Å²) >= 11 is 1.90. The summed E-state index contributed by atoms with van der Waals surface area (Å²) in [5.74, 6) is 0.844. The molecule has 0 unspecified atom stereocenters. The van der Waals surface area contributed by atoms with Crippen LogP contribution in [0.1, 0.15) is 16.4 Å². The Kier molecular flexibility index (Phi) is 4.27. The second-order valence-electron chi connectivity index (χ2n) is 5.89. The second-order valence-corrected chi connectivity index (χ2v) is 7.10. The maximum atomic E-state index is 4.10. The van der Waals surface area contributed by atoms with Gasteiger partial charge in [-0.3, -0.25) is 0 Å². The Bertz CT molecular complexity index is 897. The highest BCUT2D eigenvalue weighted by Crippen LogP contribution is 2.41. The molecule has 1 heteroatoms. The van der Waals surface area contributed by atoms with Gasteiger partial charge < -0.3 is 0 Å². The van der Waals surface area contributed by atoms with Crippen LogP contribution in [0.5, 0.6) is 0 Å². The van der Waals surface area contributed by atoms with Gasteiger partial charge in [-0.25, -0.2) is 0 Å². The van der Waals surface area contributed by atoms with Gasteiger partial charge >= 0.3 is 0 Å². The maximum absolute atomic E-state index is 4.10. The molecule has 0 fully saturated rings. The molecule has 0 saturated heterocycles. The summed E-state index contributed by atoms with van der Waals surface area (Å²) in [5, 5.41) is 5.55. The Morgan fingerprint density at radius 3 is 1.58 bits per heavy atom. The fourth-order valence-electron chi connectivity index (χ4n) is 3.42. The van der Waals surface area contributed by atoms with Gasteiger partial charge in [0.05, 0.1) is 5.25 Å². The Labute approximate surface area is 147 Å². The minimum absolute atomic E-state index is 0.291. The molecule has 0 aliphatic rings. The van der Waals surface area contributed by atoms with Gasteiger partial charge in [-0.1, -0.05) is 84.9 Å². The monoisotopic (exact) mass is 327 g/mol. The van der Waals surface area contributed by atoms with Gasteiger partial charge in [0.15, 0.2) is 0 Å². The van der Waals surface area contributed by atoms with E-state index in [9.17, 15) is 0 Å². The zero-order chi connectivity index (χ0) is 16.4. The molecule has 0 aromatic heterocycles.